The van der Waals surface area contributed by atoms with Crippen LogP contribution in [0.1, 0.15) is 36.6 Å². The smallest absolute Gasteiger partial charge is 0.354 e. The van der Waals surface area contributed by atoms with E-state index in [4.69, 9.17) is 11.6 Å². The van der Waals surface area contributed by atoms with Crippen LogP contribution in [0.2, 0.25) is 5.02 Å². The molecular formula is C15H17ClF3N5O. The van der Waals surface area contributed by atoms with Crippen LogP contribution < -0.4 is 5.32 Å². The molecular weight excluding hydrogens is 359 g/mol. The van der Waals surface area contributed by atoms with Gasteiger partial charge in [-0.25, -0.2) is 0 Å². The number of alkyl halides is 3. The van der Waals surface area contributed by atoms with Gasteiger partial charge < -0.3 is 5.32 Å². The molecule has 10 heteroatoms. The van der Waals surface area contributed by atoms with E-state index in [0.717, 1.165) is 17.5 Å². The molecule has 0 saturated heterocycles. The van der Waals surface area contributed by atoms with Gasteiger partial charge in [-0.2, -0.15) is 23.4 Å². The molecule has 6 nitrogen and oxygen atoms in total. The second-order valence-electron chi connectivity index (χ2n) is 5.95. The highest BCUT2D eigenvalue weighted by Gasteiger charge is 2.42. The number of hydrogen-bond donors (Lipinski definition) is 1. The second kappa shape index (κ2) is 7.07. The lowest BCUT2D eigenvalue weighted by Crippen LogP contribution is -2.30. The summed E-state index contributed by atoms with van der Waals surface area (Å²) in [4.78, 5) is 12.0. The lowest BCUT2D eigenvalue weighted by atomic mass is 10.2. The van der Waals surface area contributed by atoms with Crippen LogP contribution in [-0.4, -0.2) is 32.0 Å². The van der Waals surface area contributed by atoms with Crippen LogP contribution >= 0.6 is 11.6 Å². The van der Waals surface area contributed by atoms with Crippen molar-refractivity contribution in [3.8, 4) is 0 Å². The number of aromatic nitrogens is 4. The van der Waals surface area contributed by atoms with Gasteiger partial charge in [-0.15, -0.1) is 0 Å². The van der Waals surface area contributed by atoms with Gasteiger partial charge in [0.25, 0.3) is 0 Å². The number of nitrogens with one attached hydrogen (secondary N) is 1. The van der Waals surface area contributed by atoms with Crippen molar-refractivity contribution in [2.75, 3.05) is 6.54 Å². The van der Waals surface area contributed by atoms with E-state index in [1.807, 2.05) is 6.20 Å². The van der Waals surface area contributed by atoms with E-state index in [0.29, 0.717) is 25.2 Å². The zero-order chi connectivity index (χ0) is 18.0. The first-order chi connectivity index (χ1) is 11.9. The second-order valence-corrected chi connectivity index (χ2v) is 6.33. The molecule has 0 unspecified atom stereocenters. The molecule has 2 aromatic heterocycles. The number of aryl methyl sites for hydroxylation is 1. The molecule has 0 aromatic carbocycles. The van der Waals surface area contributed by atoms with Gasteiger partial charge in [0, 0.05) is 31.4 Å². The van der Waals surface area contributed by atoms with Gasteiger partial charge >= 0.3 is 6.18 Å². The van der Waals surface area contributed by atoms with Crippen molar-refractivity contribution in [3.05, 3.63) is 34.9 Å². The molecule has 0 atom stereocenters. The van der Waals surface area contributed by atoms with Gasteiger partial charge in [0.05, 0.1) is 10.7 Å². The molecule has 3 rings (SSSR count). The number of hydrogen-bond acceptors (Lipinski definition) is 3. The molecule has 1 saturated carbocycles. The van der Waals surface area contributed by atoms with Crippen molar-refractivity contribution in [1.82, 2.24) is 24.9 Å². The van der Waals surface area contributed by atoms with Crippen LogP contribution in [0.3, 0.4) is 0 Å². The number of nitrogens with zero attached hydrogens (tertiary/aromatic N) is 4. The Labute approximate surface area is 146 Å². The molecule has 1 N–H and O–H groups in total. The fourth-order valence-corrected chi connectivity index (χ4v) is 2.99. The standard InChI is InChI=1S/C15H17ClF3N5O/c16-12-13(10-3-4-10)24(22-14(12)15(17,18)19)9-11(25)20-5-1-7-23-8-2-6-21-23/h2,6,8,10H,1,3-5,7,9H2,(H,20,25). The Kier molecular flexibility index (Phi) is 5.03. The first-order valence-corrected chi connectivity index (χ1v) is 8.31. The molecule has 0 aliphatic heterocycles. The molecule has 1 aliphatic rings. The quantitative estimate of drug-likeness (QED) is 0.757. The van der Waals surface area contributed by atoms with Crippen LogP contribution in [0.5, 0.6) is 0 Å². The maximum Gasteiger partial charge on any atom is 0.436 e. The van der Waals surface area contributed by atoms with Gasteiger partial charge in [-0.05, 0) is 25.3 Å². The normalized spacial score (nSPS) is 14.7. The predicted molar refractivity (Wildman–Crippen MR) is 84.1 cm³/mol. The topological polar surface area (TPSA) is 64.7 Å². The molecule has 0 radical (unpaired) electrons. The van der Waals surface area contributed by atoms with Gasteiger partial charge in [-0.3, -0.25) is 14.2 Å². The molecule has 25 heavy (non-hydrogen) atoms. The number of carbonyl (C=O) groups is 1. The Morgan fingerprint density at radius 3 is 2.76 bits per heavy atom. The number of carbonyl (C=O) groups excluding carboxylic acids is 1. The molecule has 2 heterocycles. The molecule has 136 valence electrons. The summed E-state index contributed by atoms with van der Waals surface area (Å²) in [5.74, 6) is -0.445. The van der Waals surface area contributed by atoms with Crippen LogP contribution in [0, 0.1) is 0 Å². The first kappa shape index (κ1) is 17.8. The average molecular weight is 376 g/mol. The Morgan fingerprint density at radius 1 is 1.40 bits per heavy atom. The van der Waals surface area contributed by atoms with Crippen LogP contribution in [-0.2, 0) is 24.1 Å². The molecule has 1 aliphatic carbocycles. The van der Waals surface area contributed by atoms with Gasteiger partial charge in [0.15, 0.2) is 5.69 Å². The maximum absolute atomic E-state index is 13.0. The Bertz CT molecular complexity index is 737. The third-order valence-electron chi connectivity index (χ3n) is 3.90. The van der Waals surface area contributed by atoms with Gasteiger partial charge in [0.1, 0.15) is 6.54 Å². The molecule has 1 amide bonds. The highest BCUT2D eigenvalue weighted by atomic mass is 35.5. The Balaban J connectivity index is 1.59. The van der Waals surface area contributed by atoms with Crippen molar-refractivity contribution in [3.63, 3.8) is 0 Å². The highest BCUT2D eigenvalue weighted by Crippen LogP contribution is 2.46. The zero-order valence-electron chi connectivity index (χ0n) is 13.3. The minimum atomic E-state index is -4.63. The summed E-state index contributed by atoms with van der Waals surface area (Å²) in [6.45, 7) is 0.772. The zero-order valence-corrected chi connectivity index (χ0v) is 14.0. The Hall–Kier alpha value is -2.03. The molecule has 1 fully saturated rings. The Morgan fingerprint density at radius 2 is 2.16 bits per heavy atom. The molecule has 0 spiro atoms. The van der Waals surface area contributed by atoms with E-state index in [1.165, 1.54) is 0 Å². The van der Waals surface area contributed by atoms with Crippen molar-refractivity contribution in [1.29, 1.82) is 0 Å². The van der Waals surface area contributed by atoms with E-state index in [-0.39, 0.29) is 17.5 Å². The lowest BCUT2D eigenvalue weighted by molar-refractivity contribution is -0.141. The minimum Gasteiger partial charge on any atom is -0.354 e. The number of halogens is 4. The summed E-state index contributed by atoms with van der Waals surface area (Å²) < 4.78 is 41.8. The number of rotatable bonds is 7. The summed E-state index contributed by atoms with van der Waals surface area (Å²) in [6.07, 6.45) is 1.02. The third-order valence-corrected chi connectivity index (χ3v) is 4.28. The van der Waals surface area contributed by atoms with Crippen LogP contribution in [0.25, 0.3) is 0 Å². The first-order valence-electron chi connectivity index (χ1n) is 7.94. The summed E-state index contributed by atoms with van der Waals surface area (Å²) in [5, 5.41) is 9.87. The summed E-state index contributed by atoms with van der Waals surface area (Å²) in [5.41, 5.74) is -0.816. The predicted octanol–water partition coefficient (Wildman–Crippen LogP) is 2.84. The van der Waals surface area contributed by atoms with Gasteiger partial charge in [0.2, 0.25) is 5.91 Å². The van der Waals surface area contributed by atoms with E-state index < -0.39 is 17.8 Å². The summed E-state index contributed by atoms with van der Waals surface area (Å²) in [6, 6.07) is 1.80. The van der Waals surface area contributed by atoms with Crippen molar-refractivity contribution < 1.29 is 18.0 Å². The SMILES string of the molecule is O=C(Cn1nc(C(F)(F)F)c(Cl)c1C1CC1)NCCCn1cccn1. The minimum absolute atomic E-state index is 0.0521. The van der Waals surface area contributed by atoms with E-state index in [1.54, 1.807) is 16.9 Å². The fraction of sp³-hybridized carbons (Fsp3) is 0.533. The van der Waals surface area contributed by atoms with Crippen LogP contribution in [0.4, 0.5) is 13.2 Å². The molecule has 2 aromatic rings. The summed E-state index contributed by atoms with van der Waals surface area (Å²) in [7, 11) is 0. The molecule has 0 bridgehead atoms. The average Bonchev–Trinajstić information content (AvgIpc) is 3.11. The largest absolute Gasteiger partial charge is 0.436 e. The third kappa shape index (κ3) is 4.33. The fourth-order valence-electron chi connectivity index (χ4n) is 2.59. The highest BCUT2D eigenvalue weighted by molar-refractivity contribution is 6.32. The van der Waals surface area contributed by atoms with E-state index in [2.05, 4.69) is 15.5 Å². The van der Waals surface area contributed by atoms with Crippen molar-refractivity contribution >= 4 is 17.5 Å². The number of amides is 1. The monoisotopic (exact) mass is 375 g/mol. The van der Waals surface area contributed by atoms with Crippen LogP contribution in [0.15, 0.2) is 18.5 Å². The van der Waals surface area contributed by atoms with Crippen molar-refractivity contribution in [2.24, 2.45) is 0 Å². The summed E-state index contributed by atoms with van der Waals surface area (Å²) >= 11 is 5.87. The maximum atomic E-state index is 13.0. The van der Waals surface area contributed by atoms with Crippen molar-refractivity contribution in [2.45, 2.75) is 44.4 Å². The van der Waals surface area contributed by atoms with E-state index >= 15 is 0 Å². The van der Waals surface area contributed by atoms with Gasteiger partial charge in [-0.1, -0.05) is 11.6 Å². The van der Waals surface area contributed by atoms with E-state index in [9.17, 15) is 18.0 Å². The lowest BCUT2D eigenvalue weighted by Gasteiger charge is -2.08.